The summed E-state index contributed by atoms with van der Waals surface area (Å²) in [6.07, 6.45) is 4.11. The van der Waals surface area contributed by atoms with Crippen LogP contribution in [0.25, 0.3) is 0 Å². The van der Waals surface area contributed by atoms with Gasteiger partial charge in [-0.05, 0) is 62.8 Å². The molecule has 0 aliphatic carbocycles. The van der Waals surface area contributed by atoms with E-state index in [1.807, 2.05) is 17.9 Å². The number of aryl methyl sites for hydroxylation is 1. The van der Waals surface area contributed by atoms with Gasteiger partial charge in [-0.15, -0.1) is 0 Å². The zero-order chi connectivity index (χ0) is 18.1. The molecule has 1 aliphatic heterocycles. The number of carbonyl (C=O) groups excluding carboxylic acids is 1. The summed E-state index contributed by atoms with van der Waals surface area (Å²) in [7, 11) is -0.553. The SMILES string of the molecule is CCC1CCCCN1C(=O)c1cc(C)c(C)c(S(=O)(=O)N(C)C)c1. The molecule has 1 unspecified atom stereocenters. The van der Waals surface area contributed by atoms with Gasteiger partial charge in [-0.25, -0.2) is 12.7 Å². The van der Waals surface area contributed by atoms with Crippen LogP contribution in [0.4, 0.5) is 0 Å². The quantitative estimate of drug-likeness (QED) is 0.837. The lowest BCUT2D eigenvalue weighted by atomic mass is 9.98. The molecule has 24 heavy (non-hydrogen) atoms. The third kappa shape index (κ3) is 3.49. The summed E-state index contributed by atoms with van der Waals surface area (Å²) in [5, 5.41) is 0. The molecule has 1 saturated heterocycles. The fraction of sp³-hybridized carbons (Fsp3) is 0.611. The molecule has 0 aromatic heterocycles. The van der Waals surface area contributed by atoms with E-state index in [4.69, 9.17) is 0 Å². The summed E-state index contributed by atoms with van der Waals surface area (Å²) >= 11 is 0. The maximum Gasteiger partial charge on any atom is 0.254 e. The Balaban J connectivity index is 2.48. The van der Waals surface area contributed by atoms with Crippen molar-refractivity contribution in [2.75, 3.05) is 20.6 Å². The summed E-state index contributed by atoms with van der Waals surface area (Å²) in [6, 6.07) is 3.61. The first kappa shape index (κ1) is 18.9. The highest BCUT2D eigenvalue weighted by molar-refractivity contribution is 7.89. The van der Waals surface area contributed by atoms with Crippen molar-refractivity contribution in [1.29, 1.82) is 0 Å². The van der Waals surface area contributed by atoms with Crippen LogP contribution in [-0.2, 0) is 10.0 Å². The van der Waals surface area contributed by atoms with Crippen LogP contribution in [0.2, 0.25) is 0 Å². The number of hydrogen-bond donors (Lipinski definition) is 0. The van der Waals surface area contributed by atoms with Crippen LogP contribution in [-0.4, -0.2) is 50.2 Å². The van der Waals surface area contributed by atoms with Crippen LogP contribution < -0.4 is 0 Å². The molecule has 1 aromatic rings. The summed E-state index contributed by atoms with van der Waals surface area (Å²) in [4.78, 5) is 15.1. The summed E-state index contributed by atoms with van der Waals surface area (Å²) in [5.41, 5.74) is 2.00. The van der Waals surface area contributed by atoms with E-state index in [0.717, 1.165) is 37.8 Å². The third-order valence-electron chi connectivity index (χ3n) is 4.98. The minimum atomic E-state index is -3.57. The first-order chi connectivity index (χ1) is 11.2. The Morgan fingerprint density at radius 2 is 1.92 bits per heavy atom. The van der Waals surface area contributed by atoms with E-state index in [1.165, 1.54) is 18.4 Å². The van der Waals surface area contributed by atoms with Gasteiger partial charge in [0, 0.05) is 32.2 Å². The minimum Gasteiger partial charge on any atom is -0.336 e. The standard InChI is InChI=1S/C18H28N2O3S/c1-6-16-9-7-8-10-20(16)18(21)15-11-13(2)14(3)17(12-15)24(22,23)19(4)5/h11-12,16H,6-10H2,1-5H3. The second-order valence-corrected chi connectivity index (χ2v) is 8.88. The molecule has 1 amide bonds. The van der Waals surface area contributed by atoms with Gasteiger partial charge in [-0.3, -0.25) is 4.79 Å². The van der Waals surface area contributed by atoms with E-state index in [9.17, 15) is 13.2 Å². The number of hydrogen-bond acceptors (Lipinski definition) is 3. The number of nitrogens with zero attached hydrogens (tertiary/aromatic N) is 2. The zero-order valence-electron chi connectivity index (χ0n) is 15.3. The highest BCUT2D eigenvalue weighted by atomic mass is 32.2. The molecule has 1 aromatic carbocycles. The maximum absolute atomic E-state index is 13.0. The van der Waals surface area contributed by atoms with Gasteiger partial charge in [0.15, 0.2) is 0 Å². The van der Waals surface area contributed by atoms with Crippen LogP contribution >= 0.6 is 0 Å². The van der Waals surface area contributed by atoms with Crippen molar-refractivity contribution in [3.05, 3.63) is 28.8 Å². The summed E-state index contributed by atoms with van der Waals surface area (Å²) in [6.45, 7) is 6.49. The number of piperidine rings is 1. The van der Waals surface area contributed by atoms with Crippen molar-refractivity contribution in [3.63, 3.8) is 0 Å². The van der Waals surface area contributed by atoms with Crippen molar-refractivity contribution < 1.29 is 13.2 Å². The van der Waals surface area contributed by atoms with E-state index in [-0.39, 0.29) is 16.8 Å². The molecule has 1 aliphatic rings. The Hall–Kier alpha value is -1.40. The van der Waals surface area contributed by atoms with Crippen molar-refractivity contribution in [1.82, 2.24) is 9.21 Å². The van der Waals surface area contributed by atoms with Gasteiger partial charge < -0.3 is 4.90 Å². The second kappa shape index (κ2) is 7.23. The lowest BCUT2D eigenvalue weighted by Gasteiger charge is -2.35. The average Bonchev–Trinajstić information content (AvgIpc) is 2.56. The average molecular weight is 353 g/mol. The third-order valence-corrected chi connectivity index (χ3v) is 6.93. The number of amides is 1. The topological polar surface area (TPSA) is 57.7 Å². The number of carbonyl (C=O) groups is 1. The molecule has 6 heteroatoms. The van der Waals surface area contributed by atoms with Gasteiger partial charge >= 0.3 is 0 Å². The predicted molar refractivity (Wildman–Crippen MR) is 95.8 cm³/mol. The van der Waals surface area contributed by atoms with Gasteiger partial charge in [0.05, 0.1) is 4.90 Å². The van der Waals surface area contributed by atoms with E-state index in [0.29, 0.717) is 11.1 Å². The van der Waals surface area contributed by atoms with Crippen molar-refractivity contribution >= 4 is 15.9 Å². The lowest BCUT2D eigenvalue weighted by Crippen LogP contribution is -2.43. The molecule has 1 heterocycles. The fourth-order valence-corrected chi connectivity index (χ4v) is 4.49. The van der Waals surface area contributed by atoms with Gasteiger partial charge in [0.2, 0.25) is 10.0 Å². The Morgan fingerprint density at radius 3 is 2.50 bits per heavy atom. The molecular weight excluding hydrogens is 324 g/mol. The Bertz CT molecular complexity index is 726. The smallest absolute Gasteiger partial charge is 0.254 e. The molecule has 0 radical (unpaired) electrons. The molecule has 134 valence electrons. The number of rotatable bonds is 4. The fourth-order valence-electron chi connectivity index (χ4n) is 3.27. The molecule has 0 bridgehead atoms. The minimum absolute atomic E-state index is 0.0557. The molecule has 0 N–H and O–H groups in total. The molecule has 2 rings (SSSR count). The van der Waals surface area contributed by atoms with Crippen molar-refractivity contribution in [2.45, 2.75) is 57.4 Å². The normalized spacial score (nSPS) is 18.9. The first-order valence-electron chi connectivity index (χ1n) is 8.54. The van der Waals surface area contributed by atoms with E-state index >= 15 is 0 Å². The molecule has 0 spiro atoms. The zero-order valence-corrected chi connectivity index (χ0v) is 16.1. The molecule has 1 fully saturated rings. The van der Waals surface area contributed by atoms with Gasteiger partial charge in [-0.2, -0.15) is 0 Å². The lowest BCUT2D eigenvalue weighted by molar-refractivity contribution is 0.0607. The van der Waals surface area contributed by atoms with Crippen molar-refractivity contribution in [2.24, 2.45) is 0 Å². The highest BCUT2D eigenvalue weighted by Gasteiger charge is 2.28. The number of likely N-dealkylation sites (tertiary alicyclic amines) is 1. The van der Waals surface area contributed by atoms with Crippen LogP contribution in [0.3, 0.4) is 0 Å². The second-order valence-electron chi connectivity index (χ2n) is 6.76. The Kier molecular flexibility index (Phi) is 5.71. The largest absolute Gasteiger partial charge is 0.336 e. The summed E-state index contributed by atoms with van der Waals surface area (Å²) in [5.74, 6) is -0.0557. The summed E-state index contributed by atoms with van der Waals surface area (Å²) < 4.78 is 26.3. The number of benzene rings is 1. The van der Waals surface area contributed by atoms with Crippen LogP contribution in [0.15, 0.2) is 17.0 Å². The van der Waals surface area contributed by atoms with Gasteiger partial charge in [0.1, 0.15) is 0 Å². The molecule has 1 atom stereocenters. The Labute approximate surface area is 145 Å². The van der Waals surface area contributed by atoms with Crippen LogP contribution in [0.5, 0.6) is 0 Å². The first-order valence-corrected chi connectivity index (χ1v) is 9.98. The highest BCUT2D eigenvalue weighted by Crippen LogP contribution is 2.26. The molecular formula is C18H28N2O3S. The van der Waals surface area contributed by atoms with Gasteiger partial charge in [0.25, 0.3) is 5.91 Å². The van der Waals surface area contributed by atoms with Crippen LogP contribution in [0, 0.1) is 13.8 Å². The van der Waals surface area contributed by atoms with E-state index < -0.39 is 10.0 Å². The van der Waals surface area contributed by atoms with Crippen molar-refractivity contribution in [3.8, 4) is 0 Å². The molecule has 0 saturated carbocycles. The number of sulfonamides is 1. The maximum atomic E-state index is 13.0. The molecule has 5 nitrogen and oxygen atoms in total. The predicted octanol–water partition coefficient (Wildman–Crippen LogP) is 2.96. The van der Waals surface area contributed by atoms with Crippen LogP contribution in [0.1, 0.15) is 54.1 Å². The van der Waals surface area contributed by atoms with E-state index in [1.54, 1.807) is 13.0 Å². The van der Waals surface area contributed by atoms with Gasteiger partial charge in [-0.1, -0.05) is 6.92 Å². The van der Waals surface area contributed by atoms with E-state index in [2.05, 4.69) is 6.92 Å². The monoisotopic (exact) mass is 352 g/mol. The Morgan fingerprint density at radius 1 is 1.25 bits per heavy atom.